The standard InChI is InChI=1S/C17H18N2O4/c1-8-2-5-11(7-12(8)15(18)20)19-16(21)13-9-3-4-10(6-9)14(13)17(22)23/h2-5,7,9-10,13-14H,6H2,1H3,(H2,18,20)(H,19,21)(H,22,23). The van der Waals surface area contributed by atoms with E-state index < -0.39 is 23.7 Å². The number of carbonyl (C=O) groups excluding carboxylic acids is 2. The smallest absolute Gasteiger partial charge is 0.307 e. The summed E-state index contributed by atoms with van der Waals surface area (Å²) in [6.07, 6.45) is 4.53. The average Bonchev–Trinajstić information content (AvgIpc) is 3.09. The van der Waals surface area contributed by atoms with E-state index in [0.29, 0.717) is 17.7 Å². The van der Waals surface area contributed by atoms with Gasteiger partial charge in [0, 0.05) is 11.3 Å². The first-order valence-corrected chi connectivity index (χ1v) is 7.51. The number of amides is 2. The molecular formula is C17H18N2O4. The predicted octanol–water partition coefficient (Wildman–Crippen LogP) is 1.56. The summed E-state index contributed by atoms with van der Waals surface area (Å²) in [5.41, 5.74) is 6.82. The molecule has 1 aromatic carbocycles. The monoisotopic (exact) mass is 314 g/mol. The number of hydrogen-bond acceptors (Lipinski definition) is 3. The molecule has 6 nitrogen and oxygen atoms in total. The number of carboxylic acids is 1. The predicted molar refractivity (Wildman–Crippen MR) is 83.7 cm³/mol. The summed E-state index contributed by atoms with van der Waals surface area (Å²) < 4.78 is 0. The summed E-state index contributed by atoms with van der Waals surface area (Å²) in [4.78, 5) is 35.4. The van der Waals surface area contributed by atoms with E-state index in [4.69, 9.17) is 5.73 Å². The number of nitrogens with one attached hydrogen (secondary N) is 1. The molecule has 4 N–H and O–H groups in total. The molecule has 2 aliphatic carbocycles. The van der Waals surface area contributed by atoms with Crippen LogP contribution in [0.3, 0.4) is 0 Å². The van der Waals surface area contributed by atoms with Gasteiger partial charge in [-0.25, -0.2) is 0 Å². The van der Waals surface area contributed by atoms with Gasteiger partial charge in [0.25, 0.3) is 0 Å². The Hall–Kier alpha value is -2.63. The molecule has 1 saturated carbocycles. The van der Waals surface area contributed by atoms with Crippen LogP contribution in [-0.2, 0) is 9.59 Å². The molecule has 0 aromatic heterocycles. The Morgan fingerprint density at radius 1 is 1.17 bits per heavy atom. The Morgan fingerprint density at radius 2 is 1.83 bits per heavy atom. The maximum Gasteiger partial charge on any atom is 0.307 e. The van der Waals surface area contributed by atoms with Crippen molar-refractivity contribution in [1.82, 2.24) is 0 Å². The van der Waals surface area contributed by atoms with E-state index in [9.17, 15) is 19.5 Å². The van der Waals surface area contributed by atoms with Crippen LogP contribution in [0.4, 0.5) is 5.69 Å². The first-order chi connectivity index (χ1) is 10.9. The SMILES string of the molecule is Cc1ccc(NC(=O)C2C3C=CC(C3)C2C(=O)O)cc1C(N)=O. The summed E-state index contributed by atoms with van der Waals surface area (Å²) in [7, 11) is 0. The molecule has 6 heteroatoms. The fraction of sp³-hybridized carbons (Fsp3) is 0.353. The maximum atomic E-state index is 12.6. The summed E-state index contributed by atoms with van der Waals surface area (Å²) in [5, 5.41) is 12.1. The normalized spacial score (nSPS) is 27.9. The number of aryl methyl sites for hydroxylation is 1. The van der Waals surface area contributed by atoms with Crippen molar-refractivity contribution in [1.29, 1.82) is 0 Å². The topological polar surface area (TPSA) is 109 Å². The molecular weight excluding hydrogens is 296 g/mol. The van der Waals surface area contributed by atoms with Crippen molar-refractivity contribution >= 4 is 23.5 Å². The first kappa shape index (κ1) is 15.3. The quantitative estimate of drug-likeness (QED) is 0.732. The molecule has 4 unspecified atom stereocenters. The van der Waals surface area contributed by atoms with E-state index in [0.717, 1.165) is 5.56 Å². The molecule has 0 heterocycles. The molecule has 3 rings (SSSR count). The summed E-state index contributed by atoms with van der Waals surface area (Å²) in [6.45, 7) is 1.76. The molecule has 2 amide bonds. The van der Waals surface area contributed by atoms with Crippen molar-refractivity contribution in [3.63, 3.8) is 0 Å². The third-order valence-electron chi connectivity index (χ3n) is 4.82. The Kier molecular flexibility index (Phi) is 3.67. The highest BCUT2D eigenvalue weighted by Gasteiger charge is 2.51. The second-order valence-corrected chi connectivity index (χ2v) is 6.22. The largest absolute Gasteiger partial charge is 0.481 e. The van der Waals surface area contributed by atoms with Crippen molar-refractivity contribution in [3.8, 4) is 0 Å². The number of allylic oxidation sites excluding steroid dienone is 2. The van der Waals surface area contributed by atoms with Crippen LogP contribution in [0.25, 0.3) is 0 Å². The van der Waals surface area contributed by atoms with Crippen LogP contribution in [-0.4, -0.2) is 22.9 Å². The highest BCUT2D eigenvalue weighted by atomic mass is 16.4. The minimum absolute atomic E-state index is 0.0397. The average molecular weight is 314 g/mol. The van der Waals surface area contributed by atoms with Crippen LogP contribution >= 0.6 is 0 Å². The number of aliphatic carboxylic acids is 1. The van der Waals surface area contributed by atoms with Gasteiger partial charge in [0.15, 0.2) is 0 Å². The number of benzene rings is 1. The number of anilines is 1. The van der Waals surface area contributed by atoms with Gasteiger partial charge in [0.05, 0.1) is 11.8 Å². The molecule has 120 valence electrons. The van der Waals surface area contributed by atoms with Gasteiger partial charge >= 0.3 is 5.97 Å². The number of hydrogen-bond donors (Lipinski definition) is 3. The Bertz CT molecular complexity index is 725. The van der Waals surface area contributed by atoms with Crippen LogP contribution < -0.4 is 11.1 Å². The molecule has 0 radical (unpaired) electrons. The molecule has 4 atom stereocenters. The Balaban J connectivity index is 1.82. The van der Waals surface area contributed by atoms with E-state index in [1.54, 1.807) is 19.1 Å². The van der Waals surface area contributed by atoms with Gasteiger partial charge in [-0.05, 0) is 42.9 Å². The van der Waals surface area contributed by atoms with Crippen LogP contribution in [0, 0.1) is 30.6 Å². The summed E-state index contributed by atoms with van der Waals surface area (Å²) in [6, 6.07) is 4.90. The lowest BCUT2D eigenvalue weighted by Crippen LogP contribution is -2.36. The molecule has 23 heavy (non-hydrogen) atoms. The van der Waals surface area contributed by atoms with E-state index in [-0.39, 0.29) is 17.7 Å². The lowest BCUT2D eigenvalue weighted by Gasteiger charge is -2.24. The zero-order valence-corrected chi connectivity index (χ0v) is 12.7. The number of rotatable bonds is 4. The van der Waals surface area contributed by atoms with Gasteiger partial charge in [0.1, 0.15) is 0 Å². The zero-order valence-electron chi connectivity index (χ0n) is 12.7. The number of fused-ring (bicyclic) bond motifs is 2. The fourth-order valence-electron chi connectivity index (χ4n) is 3.71. The van der Waals surface area contributed by atoms with Crippen molar-refractivity contribution < 1.29 is 19.5 Å². The molecule has 1 aromatic rings. The van der Waals surface area contributed by atoms with Crippen molar-refractivity contribution in [2.45, 2.75) is 13.3 Å². The van der Waals surface area contributed by atoms with E-state index in [2.05, 4.69) is 5.32 Å². The lowest BCUT2D eigenvalue weighted by atomic mass is 9.82. The second-order valence-electron chi connectivity index (χ2n) is 6.22. The van der Waals surface area contributed by atoms with Crippen molar-refractivity contribution in [2.75, 3.05) is 5.32 Å². The minimum atomic E-state index is -0.941. The molecule has 1 fully saturated rings. The minimum Gasteiger partial charge on any atom is -0.481 e. The highest BCUT2D eigenvalue weighted by molar-refractivity contribution is 5.99. The number of carbonyl (C=O) groups is 3. The maximum absolute atomic E-state index is 12.6. The Labute approximate surface area is 133 Å². The van der Waals surface area contributed by atoms with Crippen LogP contribution in [0.2, 0.25) is 0 Å². The van der Waals surface area contributed by atoms with Gasteiger partial charge in [-0.15, -0.1) is 0 Å². The number of carboxylic acid groups (broad SMARTS) is 1. The lowest BCUT2D eigenvalue weighted by molar-refractivity contribution is -0.146. The summed E-state index contributed by atoms with van der Waals surface area (Å²) >= 11 is 0. The molecule has 0 aliphatic heterocycles. The van der Waals surface area contributed by atoms with Crippen molar-refractivity contribution in [2.24, 2.45) is 29.4 Å². The first-order valence-electron chi connectivity index (χ1n) is 7.51. The Morgan fingerprint density at radius 3 is 2.43 bits per heavy atom. The zero-order chi connectivity index (χ0) is 16.7. The van der Waals surface area contributed by atoms with E-state index in [1.807, 2.05) is 12.2 Å². The fourth-order valence-corrected chi connectivity index (χ4v) is 3.71. The number of primary amides is 1. The van der Waals surface area contributed by atoms with Gasteiger partial charge in [-0.1, -0.05) is 18.2 Å². The second kappa shape index (κ2) is 5.53. The van der Waals surface area contributed by atoms with Crippen LogP contribution in [0.5, 0.6) is 0 Å². The molecule has 2 aliphatic rings. The van der Waals surface area contributed by atoms with Crippen molar-refractivity contribution in [3.05, 3.63) is 41.5 Å². The van der Waals surface area contributed by atoms with Crippen LogP contribution in [0.1, 0.15) is 22.3 Å². The number of nitrogens with two attached hydrogens (primary N) is 1. The van der Waals surface area contributed by atoms with E-state index in [1.165, 1.54) is 6.07 Å². The molecule has 2 bridgehead atoms. The van der Waals surface area contributed by atoms with Gasteiger partial charge in [-0.2, -0.15) is 0 Å². The molecule has 0 saturated heterocycles. The molecule has 0 spiro atoms. The third-order valence-corrected chi connectivity index (χ3v) is 4.82. The van der Waals surface area contributed by atoms with E-state index >= 15 is 0 Å². The third kappa shape index (κ3) is 2.60. The summed E-state index contributed by atoms with van der Waals surface area (Å²) in [5.74, 6) is -3.22. The van der Waals surface area contributed by atoms with Gasteiger partial charge in [-0.3, -0.25) is 14.4 Å². The van der Waals surface area contributed by atoms with Gasteiger partial charge < -0.3 is 16.2 Å². The van der Waals surface area contributed by atoms with Crippen LogP contribution in [0.15, 0.2) is 30.4 Å². The highest BCUT2D eigenvalue weighted by Crippen LogP contribution is 2.48. The van der Waals surface area contributed by atoms with Gasteiger partial charge in [0.2, 0.25) is 11.8 Å².